The van der Waals surface area contributed by atoms with Crippen molar-refractivity contribution < 1.29 is 4.79 Å². The second kappa shape index (κ2) is 4.47. The van der Waals surface area contributed by atoms with E-state index < -0.39 is 0 Å². The largest absolute Gasteiger partial charge is 0.349 e. The molecule has 0 saturated heterocycles. The second-order valence-electron chi connectivity index (χ2n) is 5.16. The Morgan fingerprint density at radius 1 is 1.35 bits per heavy atom. The number of rotatable bonds is 6. The summed E-state index contributed by atoms with van der Waals surface area (Å²) < 4.78 is 0. The van der Waals surface area contributed by atoms with Gasteiger partial charge in [0.05, 0.1) is 0 Å². The van der Waals surface area contributed by atoms with Crippen LogP contribution in [0.15, 0.2) is 0 Å². The van der Waals surface area contributed by atoms with Crippen molar-refractivity contribution >= 4 is 5.91 Å². The minimum atomic E-state index is -0.149. The summed E-state index contributed by atoms with van der Waals surface area (Å²) in [4.78, 5) is 15.9. The fraction of sp³-hybridized carbons (Fsp3) is 0.750. The van der Waals surface area contributed by atoms with E-state index in [0.717, 1.165) is 37.5 Å². The highest BCUT2D eigenvalue weighted by molar-refractivity contribution is 5.90. The molecule has 5 nitrogen and oxygen atoms in total. The van der Waals surface area contributed by atoms with E-state index in [9.17, 15) is 4.79 Å². The minimum Gasteiger partial charge on any atom is -0.349 e. The quantitative estimate of drug-likeness (QED) is 0.734. The SMILES string of the molecule is O=C(NCCCC1CC1)c1n[nH]c(C2CC2)n1. The van der Waals surface area contributed by atoms with E-state index in [-0.39, 0.29) is 5.91 Å². The van der Waals surface area contributed by atoms with Crippen molar-refractivity contribution in [1.29, 1.82) is 0 Å². The molecule has 0 spiro atoms. The molecule has 2 saturated carbocycles. The number of carbonyl (C=O) groups excluding carboxylic acids is 1. The van der Waals surface area contributed by atoms with E-state index in [1.165, 1.54) is 19.3 Å². The van der Waals surface area contributed by atoms with Crippen molar-refractivity contribution in [1.82, 2.24) is 20.5 Å². The van der Waals surface area contributed by atoms with Crippen LogP contribution in [-0.4, -0.2) is 27.6 Å². The third-order valence-electron chi connectivity index (χ3n) is 3.44. The van der Waals surface area contributed by atoms with Crippen LogP contribution in [0, 0.1) is 5.92 Å². The summed E-state index contributed by atoms with van der Waals surface area (Å²) in [5, 5.41) is 9.67. The van der Waals surface area contributed by atoms with Crippen LogP contribution in [-0.2, 0) is 0 Å². The van der Waals surface area contributed by atoms with Crippen molar-refractivity contribution in [2.45, 2.75) is 44.4 Å². The Hall–Kier alpha value is -1.39. The molecule has 2 fully saturated rings. The Morgan fingerprint density at radius 3 is 2.88 bits per heavy atom. The summed E-state index contributed by atoms with van der Waals surface area (Å²) in [5.74, 6) is 2.45. The molecule has 92 valence electrons. The zero-order valence-electron chi connectivity index (χ0n) is 9.91. The number of nitrogens with zero attached hydrogens (tertiary/aromatic N) is 2. The monoisotopic (exact) mass is 234 g/mol. The number of nitrogens with one attached hydrogen (secondary N) is 2. The maximum absolute atomic E-state index is 11.7. The number of H-pyrrole nitrogens is 1. The summed E-state index contributed by atoms with van der Waals surface area (Å²) >= 11 is 0. The Kier molecular flexibility index (Phi) is 2.82. The molecule has 1 heterocycles. The number of hydrogen-bond acceptors (Lipinski definition) is 3. The number of amides is 1. The maximum atomic E-state index is 11.7. The third-order valence-corrected chi connectivity index (χ3v) is 3.44. The van der Waals surface area contributed by atoms with Crippen molar-refractivity contribution in [2.75, 3.05) is 6.54 Å². The molecular formula is C12H18N4O. The van der Waals surface area contributed by atoms with Gasteiger partial charge in [-0.05, 0) is 31.6 Å². The minimum absolute atomic E-state index is 0.149. The molecule has 1 aromatic rings. The standard InChI is InChI=1S/C12H18N4O/c17-12(13-7-1-2-8-3-4-8)11-14-10(15-16-11)9-5-6-9/h8-9H,1-7H2,(H,13,17)(H,14,15,16). The van der Waals surface area contributed by atoms with Gasteiger partial charge < -0.3 is 5.32 Å². The molecule has 17 heavy (non-hydrogen) atoms. The fourth-order valence-corrected chi connectivity index (χ4v) is 1.99. The number of aromatic nitrogens is 3. The van der Waals surface area contributed by atoms with Gasteiger partial charge in [0.2, 0.25) is 5.82 Å². The molecule has 0 atom stereocenters. The van der Waals surface area contributed by atoms with Gasteiger partial charge in [0.25, 0.3) is 5.91 Å². The highest BCUT2D eigenvalue weighted by atomic mass is 16.2. The van der Waals surface area contributed by atoms with Gasteiger partial charge in [-0.25, -0.2) is 4.98 Å². The molecule has 5 heteroatoms. The molecule has 2 N–H and O–H groups in total. The van der Waals surface area contributed by atoms with E-state index in [1.807, 2.05) is 0 Å². The Labute approximate surface area is 100 Å². The molecule has 0 radical (unpaired) electrons. The first-order valence-corrected chi connectivity index (χ1v) is 6.53. The summed E-state index contributed by atoms with van der Waals surface area (Å²) in [6, 6.07) is 0. The smallest absolute Gasteiger partial charge is 0.290 e. The summed E-state index contributed by atoms with van der Waals surface area (Å²) in [5.41, 5.74) is 0. The number of carbonyl (C=O) groups is 1. The van der Waals surface area contributed by atoms with Crippen molar-refractivity contribution in [3.63, 3.8) is 0 Å². The summed E-state index contributed by atoms with van der Waals surface area (Å²) in [6.07, 6.45) is 7.38. The van der Waals surface area contributed by atoms with Gasteiger partial charge in [-0.3, -0.25) is 9.89 Å². The lowest BCUT2D eigenvalue weighted by atomic mass is 10.2. The topological polar surface area (TPSA) is 70.7 Å². The summed E-state index contributed by atoms with van der Waals surface area (Å²) in [6.45, 7) is 0.739. The highest BCUT2D eigenvalue weighted by Gasteiger charge is 2.28. The molecule has 0 unspecified atom stereocenters. The van der Waals surface area contributed by atoms with Gasteiger partial charge in [-0.15, -0.1) is 5.10 Å². The molecule has 1 amide bonds. The van der Waals surface area contributed by atoms with Crippen LogP contribution < -0.4 is 5.32 Å². The number of aromatic amines is 1. The lowest BCUT2D eigenvalue weighted by Gasteiger charge is -2.01. The molecule has 1 aromatic heterocycles. The molecular weight excluding hydrogens is 216 g/mol. The van der Waals surface area contributed by atoms with Crippen LogP contribution in [0.3, 0.4) is 0 Å². The van der Waals surface area contributed by atoms with Crippen molar-refractivity contribution in [3.05, 3.63) is 11.6 Å². The van der Waals surface area contributed by atoms with E-state index in [4.69, 9.17) is 0 Å². The molecule has 0 bridgehead atoms. The third kappa shape index (κ3) is 2.84. The van der Waals surface area contributed by atoms with Crippen LogP contribution in [0.25, 0.3) is 0 Å². The Bertz CT molecular complexity index is 406. The van der Waals surface area contributed by atoms with E-state index >= 15 is 0 Å². The fourth-order valence-electron chi connectivity index (χ4n) is 1.99. The van der Waals surface area contributed by atoms with Crippen molar-refractivity contribution in [3.8, 4) is 0 Å². The highest BCUT2D eigenvalue weighted by Crippen LogP contribution is 2.37. The Morgan fingerprint density at radius 2 is 2.18 bits per heavy atom. The predicted molar refractivity (Wildman–Crippen MR) is 62.6 cm³/mol. The zero-order valence-corrected chi connectivity index (χ0v) is 9.91. The first kappa shape index (κ1) is 10.7. The van der Waals surface area contributed by atoms with Crippen LogP contribution in [0.4, 0.5) is 0 Å². The molecule has 3 rings (SSSR count). The first-order valence-electron chi connectivity index (χ1n) is 6.53. The molecule has 0 aromatic carbocycles. The maximum Gasteiger partial charge on any atom is 0.290 e. The molecule has 2 aliphatic rings. The van der Waals surface area contributed by atoms with Crippen LogP contribution in [0.1, 0.15) is 60.9 Å². The zero-order chi connectivity index (χ0) is 11.7. The second-order valence-corrected chi connectivity index (χ2v) is 5.16. The van der Waals surface area contributed by atoms with Gasteiger partial charge in [-0.1, -0.05) is 12.8 Å². The lowest BCUT2D eigenvalue weighted by molar-refractivity contribution is 0.0943. The van der Waals surface area contributed by atoms with Gasteiger partial charge in [-0.2, -0.15) is 0 Å². The van der Waals surface area contributed by atoms with Crippen LogP contribution >= 0.6 is 0 Å². The average Bonchev–Trinajstić information content (AvgIpc) is 3.25. The van der Waals surface area contributed by atoms with E-state index in [2.05, 4.69) is 20.5 Å². The van der Waals surface area contributed by atoms with Crippen molar-refractivity contribution in [2.24, 2.45) is 5.92 Å². The van der Waals surface area contributed by atoms with E-state index in [0.29, 0.717) is 11.7 Å². The molecule has 2 aliphatic carbocycles. The van der Waals surface area contributed by atoms with Gasteiger partial charge >= 0.3 is 0 Å². The number of hydrogen-bond donors (Lipinski definition) is 2. The van der Waals surface area contributed by atoms with Gasteiger partial charge in [0.1, 0.15) is 5.82 Å². The first-order chi connectivity index (χ1) is 8.33. The normalized spacial score (nSPS) is 19.3. The molecule has 0 aliphatic heterocycles. The van der Waals surface area contributed by atoms with Crippen LogP contribution in [0.2, 0.25) is 0 Å². The van der Waals surface area contributed by atoms with E-state index in [1.54, 1.807) is 0 Å². The van der Waals surface area contributed by atoms with Gasteiger partial charge in [0.15, 0.2) is 0 Å². The summed E-state index contributed by atoms with van der Waals surface area (Å²) in [7, 11) is 0. The van der Waals surface area contributed by atoms with Crippen LogP contribution in [0.5, 0.6) is 0 Å². The average molecular weight is 234 g/mol. The van der Waals surface area contributed by atoms with Gasteiger partial charge in [0, 0.05) is 12.5 Å². The lowest BCUT2D eigenvalue weighted by Crippen LogP contribution is -2.25. The predicted octanol–water partition coefficient (Wildman–Crippen LogP) is 1.60. The Balaban J connectivity index is 1.43.